The zero-order valence-electron chi connectivity index (χ0n) is 18.2. The van der Waals surface area contributed by atoms with Crippen LogP contribution in [0.1, 0.15) is 11.3 Å². The van der Waals surface area contributed by atoms with Gasteiger partial charge in [-0.05, 0) is 18.6 Å². The van der Waals surface area contributed by atoms with Crippen molar-refractivity contribution in [2.45, 2.75) is 20.0 Å². The van der Waals surface area contributed by atoms with Gasteiger partial charge in [0.15, 0.2) is 11.2 Å². The van der Waals surface area contributed by atoms with Crippen LogP contribution in [0.15, 0.2) is 40.1 Å². The Hall–Kier alpha value is -2.88. The molecule has 0 bridgehead atoms. The molecule has 9 nitrogen and oxygen atoms in total. The van der Waals surface area contributed by atoms with Gasteiger partial charge in [-0.3, -0.25) is 28.5 Å². The molecule has 1 saturated heterocycles. The monoisotopic (exact) mass is 455 g/mol. The number of nitrogens with zero attached hydrogens (tertiary/aromatic N) is 6. The number of piperazine rings is 1. The smallest absolute Gasteiger partial charge is 0.313 e. The summed E-state index contributed by atoms with van der Waals surface area (Å²) in [6, 6.07) is 8.02. The summed E-state index contributed by atoms with van der Waals surface area (Å²) in [6.45, 7) is 8.52. The van der Waals surface area contributed by atoms with Gasteiger partial charge in [-0.25, -0.2) is 4.79 Å². The lowest BCUT2D eigenvalue weighted by molar-refractivity contribution is 0.124. The summed E-state index contributed by atoms with van der Waals surface area (Å²) < 4.78 is 5.27. The number of hydrogen-bond donors (Lipinski definition) is 1. The van der Waals surface area contributed by atoms with Gasteiger partial charge in [0.2, 0.25) is 5.78 Å². The van der Waals surface area contributed by atoms with Crippen LogP contribution in [0.4, 0.5) is 0 Å². The third-order valence-corrected chi connectivity index (χ3v) is 6.74. The number of hydrogen-bond acceptors (Lipinski definition) is 5. The minimum Gasteiger partial charge on any atom is -0.313 e. The Morgan fingerprint density at radius 2 is 1.78 bits per heavy atom. The van der Waals surface area contributed by atoms with Gasteiger partial charge in [0.1, 0.15) is 0 Å². The molecule has 0 saturated carbocycles. The topological polar surface area (TPSA) is 83.6 Å². The number of fused-ring (bicyclic) bond motifs is 3. The third kappa shape index (κ3) is 3.66. The van der Waals surface area contributed by atoms with Crippen molar-refractivity contribution in [3.8, 4) is 0 Å². The van der Waals surface area contributed by atoms with E-state index in [-0.39, 0.29) is 0 Å². The van der Waals surface area contributed by atoms with Crippen molar-refractivity contribution in [1.82, 2.24) is 33.3 Å². The summed E-state index contributed by atoms with van der Waals surface area (Å²) in [7, 11) is 1.62. The Morgan fingerprint density at radius 3 is 2.53 bits per heavy atom. The van der Waals surface area contributed by atoms with Crippen LogP contribution in [-0.2, 0) is 20.1 Å². The largest absolute Gasteiger partial charge is 0.329 e. The fraction of sp³-hybridized carbons (Fsp3) is 0.409. The van der Waals surface area contributed by atoms with Crippen molar-refractivity contribution in [2.24, 2.45) is 7.05 Å². The molecule has 4 heterocycles. The first-order chi connectivity index (χ1) is 15.4. The van der Waals surface area contributed by atoms with Crippen LogP contribution < -0.4 is 11.2 Å². The average Bonchev–Trinajstić information content (AvgIpc) is 3.28. The number of aromatic amines is 1. The van der Waals surface area contributed by atoms with Crippen LogP contribution in [0.25, 0.3) is 16.9 Å². The normalized spacial score (nSPS) is 15.8. The Balaban J connectivity index is 1.28. The van der Waals surface area contributed by atoms with Crippen molar-refractivity contribution in [1.29, 1.82) is 0 Å². The highest BCUT2D eigenvalue weighted by Crippen LogP contribution is 2.19. The molecule has 5 rings (SSSR count). The van der Waals surface area contributed by atoms with Gasteiger partial charge in [-0.2, -0.15) is 4.98 Å². The number of halogens is 1. The van der Waals surface area contributed by atoms with Crippen LogP contribution in [0, 0.1) is 6.92 Å². The first-order valence-corrected chi connectivity index (χ1v) is 11.2. The van der Waals surface area contributed by atoms with Crippen molar-refractivity contribution in [3.05, 3.63) is 67.6 Å². The molecule has 0 unspecified atom stereocenters. The molecule has 1 aliphatic heterocycles. The average molecular weight is 456 g/mol. The zero-order valence-corrected chi connectivity index (χ0v) is 19.0. The number of imidazole rings is 2. The maximum absolute atomic E-state index is 12.4. The van der Waals surface area contributed by atoms with Gasteiger partial charge >= 0.3 is 5.69 Å². The van der Waals surface area contributed by atoms with Crippen LogP contribution in [0.3, 0.4) is 0 Å². The fourth-order valence-corrected chi connectivity index (χ4v) is 4.67. The second kappa shape index (κ2) is 8.23. The first kappa shape index (κ1) is 21.0. The van der Waals surface area contributed by atoms with E-state index in [1.165, 1.54) is 10.1 Å². The Labute approximate surface area is 189 Å². The number of H-pyrrole nitrogens is 1. The summed E-state index contributed by atoms with van der Waals surface area (Å²) >= 11 is 6.31. The van der Waals surface area contributed by atoms with Crippen molar-refractivity contribution < 1.29 is 0 Å². The van der Waals surface area contributed by atoms with Crippen molar-refractivity contribution in [2.75, 3.05) is 32.7 Å². The Morgan fingerprint density at radius 1 is 1.06 bits per heavy atom. The van der Waals surface area contributed by atoms with E-state index in [0.717, 1.165) is 56.5 Å². The summed E-state index contributed by atoms with van der Waals surface area (Å²) in [5, 5.41) is 0.824. The van der Waals surface area contributed by atoms with Crippen LogP contribution in [0.5, 0.6) is 0 Å². The van der Waals surface area contributed by atoms with Crippen LogP contribution >= 0.6 is 11.6 Å². The third-order valence-electron chi connectivity index (χ3n) is 6.37. The van der Waals surface area contributed by atoms with E-state index < -0.39 is 11.2 Å². The highest BCUT2D eigenvalue weighted by molar-refractivity contribution is 6.31. The second-order valence-electron chi connectivity index (χ2n) is 8.40. The SMILES string of the molecule is Cc1cn2c3c(=O)[nH]c(=O)n(C)c3nc2n1CCN1CCN(Cc2ccccc2Cl)CC1. The molecule has 1 aromatic carbocycles. The molecule has 3 aromatic heterocycles. The zero-order chi connectivity index (χ0) is 22.4. The van der Waals surface area contributed by atoms with Gasteiger partial charge in [0, 0.05) is 69.8 Å². The van der Waals surface area contributed by atoms with Gasteiger partial charge in [-0.15, -0.1) is 0 Å². The fourth-order valence-electron chi connectivity index (χ4n) is 4.47. The summed E-state index contributed by atoms with van der Waals surface area (Å²) in [5.74, 6) is 0.682. The molecule has 32 heavy (non-hydrogen) atoms. The molecule has 168 valence electrons. The van der Waals surface area contributed by atoms with E-state index in [2.05, 4.69) is 30.4 Å². The van der Waals surface area contributed by atoms with E-state index >= 15 is 0 Å². The van der Waals surface area contributed by atoms with Crippen molar-refractivity contribution in [3.63, 3.8) is 0 Å². The van der Waals surface area contributed by atoms with Gasteiger partial charge in [0.05, 0.1) is 0 Å². The molecule has 0 amide bonds. The quantitative estimate of drug-likeness (QED) is 0.492. The highest BCUT2D eigenvalue weighted by atomic mass is 35.5. The number of nitrogens with one attached hydrogen (secondary N) is 1. The van der Waals surface area contributed by atoms with E-state index in [1.54, 1.807) is 11.4 Å². The molecule has 1 N–H and O–H groups in total. The molecule has 4 aromatic rings. The number of benzene rings is 1. The molecule has 0 spiro atoms. The number of aryl methyl sites for hydroxylation is 2. The summed E-state index contributed by atoms with van der Waals surface area (Å²) in [6.07, 6.45) is 1.91. The molecular formula is C22H26ClN7O2. The maximum Gasteiger partial charge on any atom is 0.329 e. The molecule has 0 radical (unpaired) electrons. The maximum atomic E-state index is 12.4. The van der Waals surface area contributed by atoms with E-state index in [1.807, 2.05) is 31.3 Å². The molecule has 10 heteroatoms. The van der Waals surface area contributed by atoms with E-state index in [9.17, 15) is 9.59 Å². The van der Waals surface area contributed by atoms with E-state index in [0.29, 0.717) is 16.9 Å². The number of aromatic nitrogens is 5. The molecular weight excluding hydrogens is 430 g/mol. The minimum atomic E-state index is -0.457. The van der Waals surface area contributed by atoms with Crippen LogP contribution in [0.2, 0.25) is 5.02 Å². The number of rotatable bonds is 5. The van der Waals surface area contributed by atoms with Gasteiger partial charge < -0.3 is 4.57 Å². The standard InChI is InChI=1S/C22H26ClN7O2/c1-15-13-30-18-19(26(2)22(32)25-20(18)31)24-21(30)29(15)12-11-27-7-9-28(10-8-27)14-16-5-3-4-6-17(16)23/h3-6,13H,7-12,14H2,1-2H3,(H,25,31,32). The lowest BCUT2D eigenvalue weighted by Gasteiger charge is -2.35. The molecule has 0 atom stereocenters. The first-order valence-electron chi connectivity index (χ1n) is 10.8. The minimum absolute atomic E-state index is 0.399. The summed E-state index contributed by atoms with van der Waals surface area (Å²) in [5.41, 5.74) is 2.13. The molecule has 0 aliphatic carbocycles. The van der Waals surface area contributed by atoms with E-state index in [4.69, 9.17) is 11.6 Å². The molecule has 1 fully saturated rings. The second-order valence-corrected chi connectivity index (χ2v) is 8.81. The van der Waals surface area contributed by atoms with Crippen molar-refractivity contribution >= 4 is 28.5 Å². The highest BCUT2D eigenvalue weighted by Gasteiger charge is 2.20. The molecule has 1 aliphatic rings. The summed E-state index contributed by atoms with van der Waals surface area (Å²) in [4.78, 5) is 36.2. The van der Waals surface area contributed by atoms with Crippen LogP contribution in [-0.4, -0.2) is 66.0 Å². The predicted octanol–water partition coefficient (Wildman–Crippen LogP) is 1.46. The predicted molar refractivity (Wildman–Crippen MR) is 124 cm³/mol. The Kier molecular flexibility index (Phi) is 5.40. The lowest BCUT2D eigenvalue weighted by Crippen LogP contribution is -2.46. The van der Waals surface area contributed by atoms with Gasteiger partial charge in [-0.1, -0.05) is 29.8 Å². The van der Waals surface area contributed by atoms with Gasteiger partial charge in [0.25, 0.3) is 5.56 Å². The lowest BCUT2D eigenvalue weighted by atomic mass is 10.2. The Bertz CT molecular complexity index is 1410.